The lowest BCUT2D eigenvalue weighted by atomic mass is 9.97. The largest absolute Gasteiger partial charge is 0.416 e. The molecule has 2 aromatic rings. The van der Waals surface area contributed by atoms with Crippen LogP contribution in [0.3, 0.4) is 0 Å². The third-order valence-corrected chi connectivity index (χ3v) is 5.14. The Hall–Kier alpha value is -2.83. The first-order chi connectivity index (χ1) is 14.5. The van der Waals surface area contributed by atoms with Gasteiger partial charge in [-0.05, 0) is 42.0 Å². The van der Waals surface area contributed by atoms with Crippen LogP contribution in [0.5, 0.6) is 0 Å². The van der Waals surface area contributed by atoms with E-state index in [1.165, 1.54) is 12.1 Å². The number of halogens is 3. The van der Waals surface area contributed by atoms with Crippen LogP contribution in [0.25, 0.3) is 6.08 Å². The highest BCUT2D eigenvalue weighted by molar-refractivity contribution is 5.94. The molecule has 0 atom stereocenters. The molecule has 166 valence electrons. The number of alkyl halides is 3. The number of carbonyl (C=O) groups is 1. The first-order valence-electron chi connectivity index (χ1n) is 10.4. The summed E-state index contributed by atoms with van der Waals surface area (Å²) in [7, 11) is 0. The van der Waals surface area contributed by atoms with E-state index < -0.39 is 11.7 Å². The molecule has 0 radical (unpaired) electrons. The van der Waals surface area contributed by atoms with Gasteiger partial charge < -0.3 is 10.2 Å². The van der Waals surface area contributed by atoms with Gasteiger partial charge in [0.05, 0.1) is 11.1 Å². The van der Waals surface area contributed by atoms with Crippen LogP contribution >= 0.6 is 0 Å². The van der Waals surface area contributed by atoms with E-state index in [1.807, 2.05) is 6.07 Å². The van der Waals surface area contributed by atoms with Gasteiger partial charge in [0.25, 0.3) is 5.91 Å². The molecule has 1 N–H and O–H groups in total. The Morgan fingerprint density at radius 1 is 1.10 bits per heavy atom. The summed E-state index contributed by atoms with van der Waals surface area (Å²) in [5.41, 5.74) is 1.11. The highest BCUT2D eigenvalue weighted by atomic mass is 19.4. The molecule has 1 aromatic heterocycles. The van der Waals surface area contributed by atoms with Crippen LogP contribution < -0.4 is 10.2 Å². The lowest BCUT2D eigenvalue weighted by Crippen LogP contribution is -2.33. The Labute approximate surface area is 181 Å². The molecule has 4 nitrogen and oxygen atoms in total. The number of carbonyl (C=O) groups excluding carboxylic acids is 1. The van der Waals surface area contributed by atoms with Crippen molar-refractivity contribution < 1.29 is 18.0 Å². The number of nitrogens with zero attached hydrogens (tertiary/aromatic N) is 2. The second-order valence-electron chi connectivity index (χ2n) is 9.02. The molecular weight excluding hydrogens is 403 g/mol. The van der Waals surface area contributed by atoms with Gasteiger partial charge >= 0.3 is 6.18 Å². The summed E-state index contributed by atoms with van der Waals surface area (Å²) in [5.74, 6) is 0.614. The molecule has 1 amide bonds. The number of anilines is 1. The van der Waals surface area contributed by atoms with Crippen molar-refractivity contribution >= 4 is 17.8 Å². The summed E-state index contributed by atoms with van der Waals surface area (Å²) in [6, 6.07) is 9.23. The van der Waals surface area contributed by atoms with E-state index in [9.17, 15) is 18.0 Å². The van der Waals surface area contributed by atoms with E-state index in [0.29, 0.717) is 38.0 Å². The van der Waals surface area contributed by atoms with E-state index in [4.69, 9.17) is 0 Å². The Kier molecular flexibility index (Phi) is 6.72. The number of hydrogen-bond donors (Lipinski definition) is 1. The quantitative estimate of drug-likeness (QED) is 0.689. The SMILES string of the molecule is CC(C)(C)CNC(=O)c1ccc(N2CCC(=Cc3ccccc3C(F)(F)F)CC2)nc1. The van der Waals surface area contributed by atoms with E-state index in [0.717, 1.165) is 17.5 Å². The van der Waals surface area contributed by atoms with Gasteiger partial charge in [-0.3, -0.25) is 4.79 Å². The van der Waals surface area contributed by atoms with Crippen LogP contribution in [0.2, 0.25) is 0 Å². The molecular formula is C24H28F3N3O. The van der Waals surface area contributed by atoms with Gasteiger partial charge in [-0.1, -0.05) is 50.6 Å². The molecule has 2 heterocycles. The fraction of sp³-hybridized carbons (Fsp3) is 0.417. The predicted molar refractivity (Wildman–Crippen MR) is 117 cm³/mol. The van der Waals surface area contributed by atoms with Gasteiger partial charge in [-0.25, -0.2) is 4.98 Å². The summed E-state index contributed by atoms with van der Waals surface area (Å²) >= 11 is 0. The summed E-state index contributed by atoms with van der Waals surface area (Å²) in [5, 5.41) is 2.90. The van der Waals surface area contributed by atoms with Crippen LogP contribution in [0.4, 0.5) is 19.0 Å². The molecule has 0 aliphatic carbocycles. The molecule has 0 bridgehead atoms. The molecule has 31 heavy (non-hydrogen) atoms. The maximum Gasteiger partial charge on any atom is 0.416 e. The number of benzene rings is 1. The van der Waals surface area contributed by atoms with Crippen molar-refractivity contribution in [2.24, 2.45) is 5.41 Å². The van der Waals surface area contributed by atoms with Gasteiger partial charge in [0.15, 0.2) is 0 Å². The zero-order valence-corrected chi connectivity index (χ0v) is 18.1. The minimum absolute atomic E-state index is 0.00265. The number of amides is 1. The molecule has 1 aliphatic rings. The first-order valence-corrected chi connectivity index (χ1v) is 10.4. The highest BCUT2D eigenvalue weighted by Crippen LogP contribution is 2.34. The number of hydrogen-bond acceptors (Lipinski definition) is 3. The van der Waals surface area contributed by atoms with Crippen LogP contribution in [-0.4, -0.2) is 30.5 Å². The van der Waals surface area contributed by atoms with Crippen molar-refractivity contribution in [3.8, 4) is 0 Å². The average Bonchev–Trinajstić information content (AvgIpc) is 2.72. The van der Waals surface area contributed by atoms with Crippen LogP contribution in [0.15, 0.2) is 48.2 Å². The van der Waals surface area contributed by atoms with Gasteiger partial charge in [0.1, 0.15) is 5.82 Å². The van der Waals surface area contributed by atoms with E-state index >= 15 is 0 Å². The third kappa shape index (κ3) is 6.32. The van der Waals surface area contributed by atoms with Gasteiger partial charge in [0.2, 0.25) is 0 Å². The Balaban J connectivity index is 1.61. The highest BCUT2D eigenvalue weighted by Gasteiger charge is 2.32. The van der Waals surface area contributed by atoms with E-state index in [-0.39, 0.29) is 16.9 Å². The molecule has 7 heteroatoms. The molecule has 0 saturated carbocycles. The van der Waals surface area contributed by atoms with Crippen LogP contribution in [0.1, 0.15) is 55.1 Å². The number of aromatic nitrogens is 1. The molecule has 0 spiro atoms. The molecule has 1 fully saturated rings. The van der Waals surface area contributed by atoms with Gasteiger partial charge in [-0.15, -0.1) is 0 Å². The summed E-state index contributed by atoms with van der Waals surface area (Å²) in [4.78, 5) is 18.7. The van der Waals surface area contributed by atoms with Crippen molar-refractivity contribution in [3.05, 3.63) is 64.9 Å². The summed E-state index contributed by atoms with van der Waals surface area (Å²) in [6.45, 7) is 8.07. The summed E-state index contributed by atoms with van der Waals surface area (Å²) < 4.78 is 39.6. The fourth-order valence-corrected chi connectivity index (χ4v) is 3.42. The topological polar surface area (TPSA) is 45.2 Å². The molecule has 1 saturated heterocycles. The van der Waals surface area contributed by atoms with Gasteiger partial charge in [0, 0.05) is 25.8 Å². The Bertz CT molecular complexity index is 934. The normalized spacial score (nSPS) is 15.0. The van der Waals surface area contributed by atoms with Crippen molar-refractivity contribution in [2.75, 3.05) is 24.5 Å². The number of pyridine rings is 1. The maximum atomic E-state index is 13.2. The zero-order valence-electron chi connectivity index (χ0n) is 18.1. The number of nitrogens with one attached hydrogen (secondary N) is 1. The minimum Gasteiger partial charge on any atom is -0.356 e. The Morgan fingerprint density at radius 2 is 1.77 bits per heavy atom. The standard InChI is InChI=1S/C24H28F3N3O/c1-23(2,3)16-29-22(31)19-8-9-21(28-15-19)30-12-10-17(11-13-30)14-18-6-4-5-7-20(18)24(25,26)27/h4-9,14-15H,10-13,16H2,1-3H3,(H,29,31). The molecule has 1 aromatic carbocycles. The smallest absolute Gasteiger partial charge is 0.356 e. The monoisotopic (exact) mass is 431 g/mol. The number of piperidine rings is 1. The lowest BCUT2D eigenvalue weighted by molar-refractivity contribution is -0.137. The molecule has 0 unspecified atom stereocenters. The number of rotatable bonds is 4. The second-order valence-corrected chi connectivity index (χ2v) is 9.02. The zero-order chi connectivity index (χ0) is 22.6. The fourth-order valence-electron chi connectivity index (χ4n) is 3.42. The predicted octanol–water partition coefficient (Wildman–Crippen LogP) is 5.56. The third-order valence-electron chi connectivity index (χ3n) is 5.14. The molecule has 3 rings (SSSR count). The average molecular weight is 432 g/mol. The maximum absolute atomic E-state index is 13.2. The van der Waals surface area contributed by atoms with Crippen molar-refractivity contribution in [1.29, 1.82) is 0 Å². The van der Waals surface area contributed by atoms with Crippen molar-refractivity contribution in [2.45, 2.75) is 39.8 Å². The molecule has 1 aliphatic heterocycles. The van der Waals surface area contributed by atoms with Crippen molar-refractivity contribution in [3.63, 3.8) is 0 Å². The van der Waals surface area contributed by atoms with Crippen molar-refractivity contribution in [1.82, 2.24) is 10.3 Å². The minimum atomic E-state index is -4.36. The van der Waals surface area contributed by atoms with Crippen LogP contribution in [0, 0.1) is 5.41 Å². The first kappa shape index (κ1) is 22.8. The van der Waals surface area contributed by atoms with Gasteiger partial charge in [-0.2, -0.15) is 13.2 Å². The Morgan fingerprint density at radius 3 is 2.35 bits per heavy atom. The second kappa shape index (κ2) is 9.12. The lowest BCUT2D eigenvalue weighted by Gasteiger charge is -2.29. The van der Waals surface area contributed by atoms with E-state index in [1.54, 1.807) is 24.4 Å². The van der Waals surface area contributed by atoms with Crippen LogP contribution in [-0.2, 0) is 6.18 Å². The summed E-state index contributed by atoms with van der Waals surface area (Å²) in [6.07, 6.45) is 0.205. The van der Waals surface area contributed by atoms with E-state index in [2.05, 4.69) is 36.0 Å².